The summed E-state index contributed by atoms with van der Waals surface area (Å²) >= 11 is 0. The van der Waals surface area contributed by atoms with Gasteiger partial charge < -0.3 is 15.4 Å². The molecule has 0 heterocycles. The Morgan fingerprint density at radius 1 is 1.47 bits per heavy atom. The second kappa shape index (κ2) is 11.3. The molecule has 2 N–H and O–H groups in total. The van der Waals surface area contributed by atoms with Crippen LogP contribution in [0.2, 0.25) is 0 Å². The zero-order valence-electron chi connectivity index (χ0n) is 11.4. The molecule has 8 nitrogen and oxygen atoms in total. The first-order valence-electron chi connectivity index (χ1n) is 6.25. The van der Waals surface area contributed by atoms with Gasteiger partial charge in [0.15, 0.2) is 0 Å². The molecule has 8 heteroatoms. The average molecular weight is 271 g/mol. The van der Waals surface area contributed by atoms with E-state index in [9.17, 15) is 9.59 Å². The fourth-order valence-electron chi connectivity index (χ4n) is 1.34. The zero-order chi connectivity index (χ0) is 14.5. The molecule has 1 unspecified atom stereocenters. The Hall–Kier alpha value is -1.79. The molecule has 0 bridgehead atoms. The molecule has 0 spiro atoms. The van der Waals surface area contributed by atoms with Crippen LogP contribution in [-0.2, 0) is 14.3 Å². The number of hydrogen-bond acceptors (Lipinski definition) is 4. The van der Waals surface area contributed by atoms with Gasteiger partial charge in [-0.3, -0.25) is 9.59 Å². The molecular weight excluding hydrogens is 250 g/mol. The molecule has 0 aliphatic carbocycles. The number of ether oxygens (including phenoxy) is 1. The molecule has 0 aromatic carbocycles. The largest absolute Gasteiger partial charge is 0.382 e. The van der Waals surface area contributed by atoms with Crippen molar-refractivity contribution in [1.82, 2.24) is 10.6 Å². The highest BCUT2D eigenvalue weighted by Crippen LogP contribution is 2.03. The Morgan fingerprint density at radius 3 is 2.79 bits per heavy atom. The summed E-state index contributed by atoms with van der Waals surface area (Å²) in [7, 11) is 1.51. The van der Waals surface area contributed by atoms with Gasteiger partial charge in [-0.05, 0) is 25.3 Å². The Balaban J connectivity index is 4.04. The molecule has 0 aliphatic rings. The van der Waals surface area contributed by atoms with Crippen molar-refractivity contribution in [3.05, 3.63) is 10.4 Å². The van der Waals surface area contributed by atoms with Gasteiger partial charge in [-0.25, -0.2) is 0 Å². The van der Waals surface area contributed by atoms with E-state index < -0.39 is 6.04 Å². The molecule has 0 rings (SSSR count). The number of nitrogens with zero attached hydrogens (tertiary/aromatic N) is 3. The molecule has 0 radical (unpaired) electrons. The lowest BCUT2D eigenvalue weighted by atomic mass is 10.1. The third kappa shape index (κ3) is 8.87. The van der Waals surface area contributed by atoms with Crippen LogP contribution in [0.15, 0.2) is 5.11 Å². The predicted molar refractivity (Wildman–Crippen MR) is 70.4 cm³/mol. The summed E-state index contributed by atoms with van der Waals surface area (Å²) in [5.41, 5.74) is 8.41. The van der Waals surface area contributed by atoms with Crippen molar-refractivity contribution in [3.8, 4) is 0 Å². The van der Waals surface area contributed by atoms with Crippen LogP contribution in [0.25, 0.3) is 10.4 Å². The number of rotatable bonds is 10. The maximum Gasteiger partial charge on any atom is 0.229 e. The molecule has 0 aromatic heterocycles. The normalized spacial score (nSPS) is 11.3. The summed E-state index contributed by atoms with van der Waals surface area (Å²) in [5.74, 6) is -0.555. The van der Waals surface area contributed by atoms with Gasteiger partial charge in [0, 0.05) is 38.1 Å². The van der Waals surface area contributed by atoms with Crippen LogP contribution in [0.4, 0.5) is 0 Å². The fourth-order valence-corrected chi connectivity index (χ4v) is 1.34. The van der Waals surface area contributed by atoms with Crippen LogP contribution in [0.5, 0.6) is 0 Å². The number of hydrogen-bond donors (Lipinski definition) is 2. The van der Waals surface area contributed by atoms with Gasteiger partial charge in [0.05, 0.1) is 0 Å². The topological polar surface area (TPSA) is 116 Å². The van der Waals surface area contributed by atoms with Gasteiger partial charge >= 0.3 is 0 Å². The van der Waals surface area contributed by atoms with Crippen molar-refractivity contribution in [2.75, 3.05) is 26.8 Å². The molecule has 0 aliphatic heterocycles. The third-order valence-electron chi connectivity index (χ3n) is 2.39. The number of azide groups is 1. The molecule has 1 atom stereocenters. The molecule has 0 saturated heterocycles. The van der Waals surface area contributed by atoms with E-state index in [4.69, 9.17) is 10.3 Å². The van der Waals surface area contributed by atoms with E-state index >= 15 is 0 Å². The maximum atomic E-state index is 11.7. The van der Waals surface area contributed by atoms with E-state index in [0.717, 1.165) is 0 Å². The summed E-state index contributed by atoms with van der Waals surface area (Å²) in [5, 5.41) is 8.50. The lowest BCUT2D eigenvalue weighted by molar-refractivity contribution is -0.123. The Kier molecular flexibility index (Phi) is 10.2. The van der Waals surface area contributed by atoms with Gasteiger partial charge in [-0.1, -0.05) is 5.11 Å². The average Bonchev–Trinajstić information content (AvgIpc) is 2.42. The van der Waals surface area contributed by atoms with E-state index in [2.05, 4.69) is 20.7 Å². The van der Waals surface area contributed by atoms with Crippen LogP contribution in [0.3, 0.4) is 0 Å². The highest BCUT2D eigenvalue weighted by Gasteiger charge is 2.17. The van der Waals surface area contributed by atoms with Crippen molar-refractivity contribution in [3.63, 3.8) is 0 Å². The van der Waals surface area contributed by atoms with Crippen molar-refractivity contribution >= 4 is 11.8 Å². The van der Waals surface area contributed by atoms with Crippen molar-refractivity contribution in [1.29, 1.82) is 0 Å². The van der Waals surface area contributed by atoms with Crippen molar-refractivity contribution in [2.45, 2.75) is 32.2 Å². The molecule has 108 valence electrons. The Morgan fingerprint density at radius 2 is 2.21 bits per heavy atom. The quantitative estimate of drug-likeness (QED) is 0.264. The highest BCUT2D eigenvalue weighted by atomic mass is 16.5. The standard InChI is InChI=1S/C11H21N5O3/c1-3-19-8-4-7-14-11(18)9(15-16-12)5-6-10(17)13-2/h9H,3-8H2,1-2H3,(H,13,17)(H,14,18). The van der Waals surface area contributed by atoms with E-state index in [1.807, 2.05) is 6.92 Å². The monoisotopic (exact) mass is 271 g/mol. The van der Waals surface area contributed by atoms with Crippen molar-refractivity contribution in [2.24, 2.45) is 5.11 Å². The summed E-state index contributed by atoms with van der Waals surface area (Å²) in [6.45, 7) is 3.56. The summed E-state index contributed by atoms with van der Waals surface area (Å²) in [6, 6.07) is -0.852. The highest BCUT2D eigenvalue weighted by molar-refractivity contribution is 5.83. The minimum atomic E-state index is -0.852. The van der Waals surface area contributed by atoms with Crippen molar-refractivity contribution < 1.29 is 14.3 Å². The minimum Gasteiger partial charge on any atom is -0.382 e. The number of carbonyl (C=O) groups excluding carboxylic acids is 2. The molecule has 0 fully saturated rings. The smallest absolute Gasteiger partial charge is 0.229 e. The van der Waals surface area contributed by atoms with Crippen LogP contribution in [-0.4, -0.2) is 44.7 Å². The Labute approximate surface area is 112 Å². The van der Waals surface area contributed by atoms with Crippen LogP contribution < -0.4 is 10.6 Å². The summed E-state index contributed by atoms with van der Waals surface area (Å²) < 4.78 is 5.13. The first kappa shape index (κ1) is 17.2. The first-order valence-corrected chi connectivity index (χ1v) is 6.25. The summed E-state index contributed by atoms with van der Waals surface area (Å²) in [4.78, 5) is 25.4. The lowest BCUT2D eigenvalue weighted by Gasteiger charge is -2.11. The second-order valence-electron chi connectivity index (χ2n) is 3.77. The van der Waals surface area contributed by atoms with Gasteiger partial charge in [0.1, 0.15) is 6.04 Å². The van der Waals surface area contributed by atoms with Gasteiger partial charge in [-0.15, -0.1) is 0 Å². The molecule has 0 aromatic rings. The summed E-state index contributed by atoms with van der Waals surface area (Å²) in [6.07, 6.45) is 1.03. The van der Waals surface area contributed by atoms with E-state index in [1.54, 1.807) is 0 Å². The second-order valence-corrected chi connectivity index (χ2v) is 3.77. The lowest BCUT2D eigenvalue weighted by Crippen LogP contribution is -2.35. The maximum absolute atomic E-state index is 11.7. The fraction of sp³-hybridized carbons (Fsp3) is 0.818. The van der Waals surface area contributed by atoms with E-state index in [0.29, 0.717) is 26.2 Å². The Bertz CT molecular complexity index is 328. The number of amides is 2. The first-order chi connectivity index (χ1) is 9.15. The number of carbonyl (C=O) groups is 2. The predicted octanol–water partition coefficient (Wildman–Crippen LogP) is 0.734. The molecule has 2 amide bonds. The van der Waals surface area contributed by atoms with E-state index in [-0.39, 0.29) is 24.7 Å². The van der Waals surface area contributed by atoms with Crippen LogP contribution in [0, 0.1) is 0 Å². The zero-order valence-corrected chi connectivity index (χ0v) is 11.4. The van der Waals surface area contributed by atoms with Crippen LogP contribution >= 0.6 is 0 Å². The number of nitrogens with one attached hydrogen (secondary N) is 2. The molecule has 0 saturated carbocycles. The molecule has 19 heavy (non-hydrogen) atoms. The van der Waals surface area contributed by atoms with E-state index in [1.165, 1.54) is 7.05 Å². The third-order valence-corrected chi connectivity index (χ3v) is 2.39. The van der Waals surface area contributed by atoms with Gasteiger partial charge in [0.25, 0.3) is 0 Å². The SMILES string of the molecule is CCOCCCNC(=O)C(CCC(=O)NC)N=[N+]=[N-]. The van der Waals surface area contributed by atoms with Crippen LogP contribution in [0.1, 0.15) is 26.2 Å². The molecular formula is C11H21N5O3. The minimum absolute atomic E-state index is 0.145. The van der Waals surface area contributed by atoms with Gasteiger partial charge in [0.2, 0.25) is 11.8 Å². The van der Waals surface area contributed by atoms with Gasteiger partial charge in [-0.2, -0.15) is 0 Å².